The van der Waals surface area contributed by atoms with Gasteiger partial charge in [0.2, 0.25) is 0 Å². The van der Waals surface area contributed by atoms with Crippen LogP contribution < -0.4 is 15.4 Å². The summed E-state index contributed by atoms with van der Waals surface area (Å²) >= 11 is 1.82. The van der Waals surface area contributed by atoms with Crippen LogP contribution in [0, 0.1) is 5.92 Å². The minimum Gasteiger partial charge on any atom is -0.496 e. The van der Waals surface area contributed by atoms with Crippen LogP contribution in [0.3, 0.4) is 0 Å². The molecule has 0 aliphatic carbocycles. The standard InChI is InChI=1S/C17H29N3OS.HI/c1-6-18-17(20-13(2)3)19-11-14(4)12-22-16-10-8-7-9-15(16)21-5;/h7-10,13-14H,6,11-12H2,1-5H3,(H2,18,19,20);1H. The minimum absolute atomic E-state index is 0. The topological polar surface area (TPSA) is 45.7 Å². The van der Waals surface area contributed by atoms with Gasteiger partial charge in [-0.1, -0.05) is 19.1 Å². The summed E-state index contributed by atoms with van der Waals surface area (Å²) in [7, 11) is 1.72. The zero-order valence-corrected chi connectivity index (χ0v) is 17.9. The van der Waals surface area contributed by atoms with Gasteiger partial charge in [0, 0.05) is 29.8 Å². The summed E-state index contributed by atoms with van der Waals surface area (Å²) in [6, 6.07) is 8.53. The summed E-state index contributed by atoms with van der Waals surface area (Å²) in [4.78, 5) is 5.85. The van der Waals surface area contributed by atoms with Crippen molar-refractivity contribution >= 4 is 41.7 Å². The lowest BCUT2D eigenvalue weighted by molar-refractivity contribution is 0.405. The predicted molar refractivity (Wildman–Crippen MR) is 113 cm³/mol. The molecule has 0 radical (unpaired) electrons. The Morgan fingerprint density at radius 1 is 1.26 bits per heavy atom. The number of para-hydroxylation sites is 1. The van der Waals surface area contributed by atoms with Crippen LogP contribution in [-0.4, -0.2) is 38.0 Å². The van der Waals surface area contributed by atoms with Crippen LogP contribution in [0.4, 0.5) is 0 Å². The Kier molecular flexibility index (Phi) is 12.4. The highest BCUT2D eigenvalue weighted by Crippen LogP contribution is 2.29. The maximum absolute atomic E-state index is 5.38. The summed E-state index contributed by atoms with van der Waals surface area (Å²) in [6.07, 6.45) is 0. The van der Waals surface area contributed by atoms with Gasteiger partial charge < -0.3 is 15.4 Å². The van der Waals surface area contributed by atoms with E-state index < -0.39 is 0 Å². The van der Waals surface area contributed by atoms with Crippen LogP contribution >= 0.6 is 35.7 Å². The zero-order chi connectivity index (χ0) is 16.4. The monoisotopic (exact) mass is 451 g/mol. The van der Waals surface area contributed by atoms with E-state index in [1.807, 2.05) is 30.0 Å². The molecule has 132 valence electrons. The molecule has 0 aliphatic rings. The summed E-state index contributed by atoms with van der Waals surface area (Å²) in [6.45, 7) is 10.2. The molecule has 0 spiro atoms. The van der Waals surface area contributed by atoms with Crippen molar-refractivity contribution in [2.24, 2.45) is 10.9 Å². The van der Waals surface area contributed by atoms with E-state index in [0.29, 0.717) is 12.0 Å². The van der Waals surface area contributed by atoms with Gasteiger partial charge in [-0.3, -0.25) is 4.99 Å². The lowest BCUT2D eigenvalue weighted by atomic mass is 10.2. The Morgan fingerprint density at radius 2 is 1.96 bits per heavy atom. The van der Waals surface area contributed by atoms with Gasteiger partial charge in [0.05, 0.1) is 7.11 Å². The molecule has 0 bridgehead atoms. The van der Waals surface area contributed by atoms with Crippen molar-refractivity contribution < 1.29 is 4.74 Å². The van der Waals surface area contributed by atoms with E-state index in [0.717, 1.165) is 30.6 Å². The van der Waals surface area contributed by atoms with Gasteiger partial charge in [-0.05, 0) is 38.8 Å². The molecule has 0 saturated heterocycles. The van der Waals surface area contributed by atoms with E-state index in [1.165, 1.54) is 4.90 Å². The van der Waals surface area contributed by atoms with Crippen molar-refractivity contribution in [2.75, 3.05) is 26.0 Å². The van der Waals surface area contributed by atoms with E-state index in [9.17, 15) is 0 Å². The Labute approximate surface area is 162 Å². The third kappa shape index (κ3) is 9.30. The van der Waals surface area contributed by atoms with Crippen molar-refractivity contribution in [2.45, 2.75) is 38.6 Å². The van der Waals surface area contributed by atoms with Gasteiger partial charge in [0.15, 0.2) is 5.96 Å². The van der Waals surface area contributed by atoms with E-state index in [2.05, 4.69) is 49.4 Å². The molecule has 23 heavy (non-hydrogen) atoms. The van der Waals surface area contributed by atoms with Crippen LogP contribution in [0.5, 0.6) is 5.75 Å². The molecule has 1 aromatic carbocycles. The number of halogens is 1. The fourth-order valence-electron chi connectivity index (χ4n) is 1.86. The van der Waals surface area contributed by atoms with Crippen LogP contribution in [0.25, 0.3) is 0 Å². The highest BCUT2D eigenvalue weighted by molar-refractivity contribution is 14.0. The van der Waals surface area contributed by atoms with Gasteiger partial charge in [-0.15, -0.1) is 35.7 Å². The highest BCUT2D eigenvalue weighted by Gasteiger charge is 2.07. The fourth-order valence-corrected chi connectivity index (χ4v) is 2.90. The molecule has 0 heterocycles. The Bertz CT molecular complexity index is 469. The molecule has 0 fully saturated rings. The van der Waals surface area contributed by atoms with Crippen molar-refractivity contribution in [1.29, 1.82) is 0 Å². The van der Waals surface area contributed by atoms with Gasteiger partial charge in [-0.2, -0.15) is 0 Å². The summed E-state index contributed by atoms with van der Waals surface area (Å²) in [5.41, 5.74) is 0. The fraction of sp³-hybridized carbons (Fsp3) is 0.588. The van der Waals surface area contributed by atoms with Gasteiger partial charge in [0.25, 0.3) is 0 Å². The second-order valence-electron chi connectivity index (χ2n) is 5.59. The number of aliphatic imine (C=N–C) groups is 1. The van der Waals surface area contributed by atoms with Crippen molar-refractivity contribution in [3.8, 4) is 5.75 Å². The van der Waals surface area contributed by atoms with Gasteiger partial charge in [0.1, 0.15) is 5.75 Å². The second-order valence-corrected chi connectivity index (χ2v) is 6.65. The number of hydrogen-bond acceptors (Lipinski definition) is 3. The van der Waals surface area contributed by atoms with Gasteiger partial charge >= 0.3 is 0 Å². The molecule has 0 aliphatic heterocycles. The molecule has 2 N–H and O–H groups in total. The number of rotatable bonds is 8. The predicted octanol–water partition coefficient (Wildman–Crippen LogP) is 4.00. The first-order chi connectivity index (χ1) is 10.6. The van der Waals surface area contributed by atoms with Crippen LogP contribution in [-0.2, 0) is 0 Å². The molecule has 1 unspecified atom stereocenters. The molecule has 6 heteroatoms. The average Bonchev–Trinajstić information content (AvgIpc) is 2.50. The number of thioether (sulfide) groups is 1. The maximum atomic E-state index is 5.38. The largest absolute Gasteiger partial charge is 0.496 e. The number of nitrogens with one attached hydrogen (secondary N) is 2. The van der Waals surface area contributed by atoms with Crippen molar-refractivity contribution in [1.82, 2.24) is 10.6 Å². The third-order valence-corrected chi connectivity index (χ3v) is 4.31. The molecule has 0 amide bonds. The van der Waals surface area contributed by atoms with E-state index in [4.69, 9.17) is 4.74 Å². The Morgan fingerprint density at radius 3 is 2.57 bits per heavy atom. The first-order valence-electron chi connectivity index (χ1n) is 7.87. The highest BCUT2D eigenvalue weighted by atomic mass is 127. The zero-order valence-electron chi connectivity index (χ0n) is 14.8. The second kappa shape index (κ2) is 12.8. The molecule has 1 rings (SSSR count). The van der Waals surface area contributed by atoms with Crippen molar-refractivity contribution in [3.63, 3.8) is 0 Å². The lowest BCUT2D eigenvalue weighted by Crippen LogP contribution is -2.41. The average molecular weight is 451 g/mol. The SMILES string of the molecule is CCNC(=NCC(C)CSc1ccccc1OC)NC(C)C.I. The molecule has 0 aromatic heterocycles. The summed E-state index contributed by atoms with van der Waals surface area (Å²) in [5, 5.41) is 6.61. The lowest BCUT2D eigenvalue weighted by Gasteiger charge is -2.15. The summed E-state index contributed by atoms with van der Waals surface area (Å²) in [5.74, 6) is 3.35. The number of benzene rings is 1. The summed E-state index contributed by atoms with van der Waals surface area (Å²) < 4.78 is 5.38. The molecule has 0 saturated carbocycles. The number of ether oxygens (including phenoxy) is 1. The molecule has 1 atom stereocenters. The van der Waals surface area contributed by atoms with E-state index >= 15 is 0 Å². The van der Waals surface area contributed by atoms with E-state index in [-0.39, 0.29) is 24.0 Å². The number of nitrogens with zero attached hydrogens (tertiary/aromatic N) is 1. The Balaban J connectivity index is 0.00000484. The maximum Gasteiger partial charge on any atom is 0.191 e. The molecule has 1 aromatic rings. The number of methoxy groups -OCH3 is 1. The molecular weight excluding hydrogens is 421 g/mol. The third-order valence-electron chi connectivity index (χ3n) is 2.92. The smallest absolute Gasteiger partial charge is 0.191 e. The van der Waals surface area contributed by atoms with Crippen molar-refractivity contribution in [3.05, 3.63) is 24.3 Å². The molecule has 4 nitrogen and oxygen atoms in total. The first kappa shape index (κ1) is 22.4. The number of guanidine groups is 1. The first-order valence-corrected chi connectivity index (χ1v) is 8.86. The van der Waals surface area contributed by atoms with Crippen LogP contribution in [0.15, 0.2) is 34.2 Å². The van der Waals surface area contributed by atoms with Crippen LogP contribution in [0.1, 0.15) is 27.7 Å². The quantitative estimate of drug-likeness (QED) is 0.272. The van der Waals surface area contributed by atoms with E-state index in [1.54, 1.807) is 7.11 Å². The number of hydrogen-bond donors (Lipinski definition) is 2. The minimum atomic E-state index is 0. The molecular formula is C17H30IN3OS. The van der Waals surface area contributed by atoms with Gasteiger partial charge in [-0.25, -0.2) is 0 Å². The Hall–Kier alpha value is -0.630. The van der Waals surface area contributed by atoms with Crippen LogP contribution in [0.2, 0.25) is 0 Å². The normalized spacial score (nSPS) is 12.5.